The Morgan fingerprint density at radius 1 is 0.939 bits per heavy atom. The number of aryl methyl sites for hydroxylation is 2. The largest absolute Gasteiger partial charge is 0.496 e. The number of carbonyl (C=O) groups excluding carboxylic acids is 1. The standard InChI is InChI=1S/C26H30N2O4S/c1-19-9-13-22(14-10-19)17-28(33(30,31)23-15-11-20(2)12-16-23)18-26(29)27-21(3)24-7-5-6-8-25(24)32-4/h5-16,21H,17-18H2,1-4H3,(H,27,29). The van der Waals surface area contributed by atoms with Gasteiger partial charge in [0.2, 0.25) is 15.9 Å². The van der Waals surface area contributed by atoms with Crippen molar-refractivity contribution in [3.05, 3.63) is 95.1 Å². The molecule has 0 spiro atoms. The summed E-state index contributed by atoms with van der Waals surface area (Å²) in [6, 6.07) is 21.3. The van der Waals surface area contributed by atoms with Gasteiger partial charge in [-0.3, -0.25) is 4.79 Å². The fourth-order valence-corrected chi connectivity index (χ4v) is 4.92. The fourth-order valence-electron chi connectivity index (χ4n) is 3.53. The molecule has 3 rings (SSSR count). The highest BCUT2D eigenvalue weighted by Gasteiger charge is 2.27. The molecule has 7 heteroatoms. The molecule has 0 saturated carbocycles. The Kier molecular flexibility index (Phi) is 7.89. The summed E-state index contributed by atoms with van der Waals surface area (Å²) in [5, 5.41) is 2.90. The average molecular weight is 467 g/mol. The molecule has 1 atom stereocenters. The minimum absolute atomic E-state index is 0.0902. The molecule has 3 aromatic carbocycles. The van der Waals surface area contributed by atoms with Gasteiger partial charge in [-0.2, -0.15) is 4.31 Å². The number of hydrogen-bond donors (Lipinski definition) is 1. The van der Waals surface area contributed by atoms with Crippen LogP contribution in [-0.2, 0) is 21.4 Å². The molecule has 0 aromatic heterocycles. The Balaban J connectivity index is 1.84. The number of methoxy groups -OCH3 is 1. The summed E-state index contributed by atoms with van der Waals surface area (Å²) in [5.41, 5.74) is 3.67. The number of amides is 1. The van der Waals surface area contributed by atoms with Gasteiger partial charge < -0.3 is 10.1 Å². The van der Waals surface area contributed by atoms with E-state index < -0.39 is 15.9 Å². The topological polar surface area (TPSA) is 75.7 Å². The first kappa shape index (κ1) is 24.5. The summed E-state index contributed by atoms with van der Waals surface area (Å²) < 4.78 is 33.5. The summed E-state index contributed by atoms with van der Waals surface area (Å²) in [5.74, 6) is 0.269. The second kappa shape index (κ2) is 10.6. The fraction of sp³-hybridized carbons (Fsp3) is 0.269. The third-order valence-electron chi connectivity index (χ3n) is 5.44. The van der Waals surface area contributed by atoms with Crippen LogP contribution < -0.4 is 10.1 Å². The van der Waals surface area contributed by atoms with Gasteiger partial charge in [0.25, 0.3) is 0 Å². The van der Waals surface area contributed by atoms with Crippen LogP contribution in [0.2, 0.25) is 0 Å². The number of para-hydroxylation sites is 1. The highest BCUT2D eigenvalue weighted by Crippen LogP contribution is 2.25. The van der Waals surface area contributed by atoms with Crippen LogP contribution in [-0.4, -0.2) is 32.3 Å². The van der Waals surface area contributed by atoms with E-state index in [1.54, 1.807) is 31.4 Å². The van der Waals surface area contributed by atoms with Gasteiger partial charge in [0, 0.05) is 12.1 Å². The van der Waals surface area contributed by atoms with Crippen molar-refractivity contribution in [3.8, 4) is 5.75 Å². The lowest BCUT2D eigenvalue weighted by molar-refractivity contribution is -0.122. The number of sulfonamides is 1. The summed E-state index contributed by atoms with van der Waals surface area (Å²) in [4.78, 5) is 13.1. The van der Waals surface area contributed by atoms with Crippen LogP contribution in [0.15, 0.2) is 77.7 Å². The molecule has 0 fully saturated rings. The molecule has 0 bridgehead atoms. The first-order chi connectivity index (χ1) is 15.7. The maximum Gasteiger partial charge on any atom is 0.243 e. The number of rotatable bonds is 9. The lowest BCUT2D eigenvalue weighted by Gasteiger charge is -2.24. The second-order valence-corrected chi connectivity index (χ2v) is 10.0. The van der Waals surface area contributed by atoms with Gasteiger partial charge in [-0.15, -0.1) is 0 Å². The first-order valence-corrected chi connectivity index (χ1v) is 12.2. The Bertz CT molecular complexity index is 1190. The van der Waals surface area contributed by atoms with E-state index in [-0.39, 0.29) is 24.0 Å². The molecule has 0 heterocycles. The minimum atomic E-state index is -3.89. The van der Waals surface area contributed by atoms with Crippen LogP contribution in [0.25, 0.3) is 0 Å². The molecule has 1 N–H and O–H groups in total. The number of nitrogens with zero attached hydrogens (tertiary/aromatic N) is 1. The van der Waals surface area contributed by atoms with E-state index in [1.165, 1.54) is 4.31 Å². The molecule has 174 valence electrons. The highest BCUT2D eigenvalue weighted by molar-refractivity contribution is 7.89. The van der Waals surface area contributed by atoms with Crippen molar-refractivity contribution < 1.29 is 17.9 Å². The molecule has 33 heavy (non-hydrogen) atoms. The molecule has 1 amide bonds. The Labute approximate surface area is 196 Å². The van der Waals surface area contributed by atoms with Gasteiger partial charge in [-0.25, -0.2) is 8.42 Å². The maximum atomic E-state index is 13.4. The lowest BCUT2D eigenvalue weighted by atomic mass is 10.1. The lowest BCUT2D eigenvalue weighted by Crippen LogP contribution is -2.41. The van der Waals surface area contributed by atoms with Crippen molar-refractivity contribution in [2.45, 2.75) is 38.3 Å². The van der Waals surface area contributed by atoms with E-state index in [2.05, 4.69) is 5.32 Å². The molecule has 1 unspecified atom stereocenters. The van der Waals surface area contributed by atoms with E-state index in [9.17, 15) is 13.2 Å². The third kappa shape index (κ3) is 6.21. The van der Waals surface area contributed by atoms with E-state index in [4.69, 9.17) is 4.74 Å². The minimum Gasteiger partial charge on any atom is -0.496 e. The molecule has 3 aromatic rings. The molecule has 0 aliphatic heterocycles. The Hall–Kier alpha value is -3.16. The van der Waals surface area contributed by atoms with Crippen LogP contribution in [0.5, 0.6) is 5.75 Å². The molecule has 0 aliphatic carbocycles. The van der Waals surface area contributed by atoms with E-state index >= 15 is 0 Å². The molecule has 0 radical (unpaired) electrons. The number of benzene rings is 3. The quantitative estimate of drug-likeness (QED) is 0.508. The third-order valence-corrected chi connectivity index (χ3v) is 7.25. The van der Waals surface area contributed by atoms with Crippen molar-refractivity contribution in [2.24, 2.45) is 0 Å². The summed E-state index contributed by atoms with van der Waals surface area (Å²) >= 11 is 0. The molecule has 0 saturated heterocycles. The van der Waals surface area contributed by atoms with Crippen molar-refractivity contribution >= 4 is 15.9 Å². The van der Waals surface area contributed by atoms with Crippen LogP contribution >= 0.6 is 0 Å². The molecular weight excluding hydrogens is 436 g/mol. The van der Waals surface area contributed by atoms with E-state index in [1.807, 2.05) is 69.3 Å². The monoisotopic (exact) mass is 466 g/mol. The summed E-state index contributed by atoms with van der Waals surface area (Å²) in [6.07, 6.45) is 0. The van der Waals surface area contributed by atoms with Crippen molar-refractivity contribution in [1.82, 2.24) is 9.62 Å². The van der Waals surface area contributed by atoms with Gasteiger partial charge in [0.1, 0.15) is 5.75 Å². The van der Waals surface area contributed by atoms with Gasteiger partial charge in [0.05, 0.1) is 24.6 Å². The zero-order valence-electron chi connectivity index (χ0n) is 19.4. The smallest absolute Gasteiger partial charge is 0.243 e. The zero-order valence-corrected chi connectivity index (χ0v) is 20.2. The maximum absolute atomic E-state index is 13.4. The van der Waals surface area contributed by atoms with Crippen molar-refractivity contribution in [3.63, 3.8) is 0 Å². The SMILES string of the molecule is COc1ccccc1C(C)NC(=O)CN(Cc1ccc(C)cc1)S(=O)(=O)c1ccc(C)cc1. The summed E-state index contributed by atoms with van der Waals surface area (Å²) in [7, 11) is -2.31. The Morgan fingerprint density at radius 2 is 1.52 bits per heavy atom. The normalized spacial score (nSPS) is 12.4. The van der Waals surface area contributed by atoms with Gasteiger partial charge in [-0.1, -0.05) is 65.7 Å². The van der Waals surface area contributed by atoms with Crippen molar-refractivity contribution in [2.75, 3.05) is 13.7 Å². The number of nitrogens with one attached hydrogen (secondary N) is 1. The molecular formula is C26H30N2O4S. The van der Waals surface area contributed by atoms with Crippen LogP contribution in [0.3, 0.4) is 0 Å². The zero-order chi connectivity index (χ0) is 24.0. The average Bonchev–Trinajstić information content (AvgIpc) is 2.80. The first-order valence-electron chi connectivity index (χ1n) is 10.8. The highest BCUT2D eigenvalue weighted by atomic mass is 32.2. The predicted octanol–water partition coefficient (Wildman–Crippen LogP) is 4.38. The summed E-state index contributed by atoms with van der Waals surface area (Å²) in [6.45, 7) is 5.50. The molecule has 6 nitrogen and oxygen atoms in total. The second-order valence-electron chi connectivity index (χ2n) is 8.10. The van der Waals surface area contributed by atoms with Gasteiger partial charge in [0.15, 0.2) is 0 Å². The Morgan fingerprint density at radius 3 is 2.12 bits per heavy atom. The van der Waals surface area contributed by atoms with Crippen LogP contribution in [0.4, 0.5) is 0 Å². The van der Waals surface area contributed by atoms with Gasteiger partial charge >= 0.3 is 0 Å². The number of carbonyl (C=O) groups is 1. The van der Waals surface area contributed by atoms with Crippen LogP contribution in [0, 0.1) is 13.8 Å². The van der Waals surface area contributed by atoms with E-state index in [0.717, 1.165) is 22.3 Å². The van der Waals surface area contributed by atoms with Crippen molar-refractivity contribution in [1.29, 1.82) is 0 Å². The molecule has 0 aliphatic rings. The number of hydrogen-bond acceptors (Lipinski definition) is 4. The van der Waals surface area contributed by atoms with Gasteiger partial charge in [-0.05, 0) is 44.5 Å². The predicted molar refractivity (Wildman–Crippen MR) is 130 cm³/mol. The van der Waals surface area contributed by atoms with Crippen LogP contribution in [0.1, 0.15) is 35.2 Å². The van der Waals surface area contributed by atoms with E-state index in [0.29, 0.717) is 5.75 Å². The number of ether oxygens (including phenoxy) is 1.